The predicted octanol–water partition coefficient (Wildman–Crippen LogP) is 2.36. The van der Waals surface area contributed by atoms with E-state index in [1.165, 1.54) is 23.1 Å². The van der Waals surface area contributed by atoms with Gasteiger partial charge in [-0.1, -0.05) is 18.2 Å². The first-order chi connectivity index (χ1) is 7.13. The van der Waals surface area contributed by atoms with E-state index in [0.717, 1.165) is 5.56 Å². The van der Waals surface area contributed by atoms with E-state index in [2.05, 4.69) is 0 Å². The summed E-state index contributed by atoms with van der Waals surface area (Å²) < 4.78 is 12.8. The Morgan fingerprint density at radius 1 is 1.53 bits per heavy atom. The molecule has 0 fully saturated rings. The van der Waals surface area contributed by atoms with Crippen molar-refractivity contribution in [3.8, 4) is 0 Å². The number of carbonyl (C=O) groups is 1. The van der Waals surface area contributed by atoms with E-state index in [-0.39, 0.29) is 11.7 Å². The fourth-order valence-corrected chi connectivity index (χ4v) is 1.26. The summed E-state index contributed by atoms with van der Waals surface area (Å²) in [6, 6.07) is 6.25. The molecule has 0 atom stereocenters. The molecule has 0 aliphatic carbocycles. The molecule has 0 heterocycles. The van der Waals surface area contributed by atoms with Crippen LogP contribution in [-0.2, 0) is 11.3 Å². The maximum atomic E-state index is 12.8. The van der Waals surface area contributed by atoms with Gasteiger partial charge in [-0.3, -0.25) is 4.79 Å². The lowest BCUT2D eigenvalue weighted by Gasteiger charge is -2.14. The fraction of sp³-hybridized carbons (Fsp3) is 0.250. The zero-order valence-electron chi connectivity index (χ0n) is 8.90. The van der Waals surface area contributed by atoms with Crippen LogP contribution in [0.25, 0.3) is 0 Å². The molecular weight excluding hydrogens is 193 g/mol. The molecule has 80 valence electrons. The lowest BCUT2D eigenvalue weighted by atomic mass is 10.2. The van der Waals surface area contributed by atoms with Gasteiger partial charge in [-0.2, -0.15) is 0 Å². The first-order valence-electron chi connectivity index (χ1n) is 4.75. The second-order valence-electron chi connectivity index (χ2n) is 3.32. The number of rotatable bonds is 3. The lowest BCUT2D eigenvalue weighted by Crippen LogP contribution is -2.24. The van der Waals surface area contributed by atoms with Gasteiger partial charge in [0.2, 0.25) is 5.91 Å². The topological polar surface area (TPSA) is 20.3 Å². The molecule has 0 unspecified atom stereocenters. The van der Waals surface area contributed by atoms with Crippen molar-refractivity contribution >= 4 is 5.91 Å². The van der Waals surface area contributed by atoms with Crippen LogP contribution in [0.2, 0.25) is 0 Å². The molecule has 0 spiro atoms. The number of benzene rings is 1. The minimum absolute atomic E-state index is 0.0817. The molecule has 0 bridgehead atoms. The van der Waals surface area contributed by atoms with Crippen molar-refractivity contribution in [2.24, 2.45) is 0 Å². The molecule has 1 rings (SSSR count). The maximum absolute atomic E-state index is 12.8. The van der Waals surface area contributed by atoms with E-state index in [0.29, 0.717) is 6.54 Å². The average molecular weight is 207 g/mol. The highest BCUT2D eigenvalue weighted by Crippen LogP contribution is 2.06. The molecule has 2 nitrogen and oxygen atoms in total. The van der Waals surface area contributed by atoms with Crippen molar-refractivity contribution in [1.29, 1.82) is 0 Å². The van der Waals surface area contributed by atoms with Gasteiger partial charge in [-0.25, -0.2) is 4.39 Å². The van der Waals surface area contributed by atoms with Gasteiger partial charge in [-0.05, 0) is 30.7 Å². The average Bonchev–Trinajstić information content (AvgIpc) is 2.18. The van der Waals surface area contributed by atoms with E-state index in [9.17, 15) is 9.18 Å². The number of likely N-dealkylation sites (N-methyl/N-ethyl adjacent to an activating group) is 1. The predicted molar refractivity (Wildman–Crippen MR) is 57.7 cm³/mol. The van der Waals surface area contributed by atoms with Crippen molar-refractivity contribution in [1.82, 2.24) is 4.90 Å². The summed E-state index contributed by atoms with van der Waals surface area (Å²) in [4.78, 5) is 12.9. The molecular formula is C12H14FNO. The Morgan fingerprint density at radius 3 is 2.87 bits per heavy atom. The minimum atomic E-state index is -0.278. The number of carbonyl (C=O) groups excluding carboxylic acids is 1. The van der Waals surface area contributed by atoms with Crippen LogP contribution >= 0.6 is 0 Å². The fourth-order valence-electron chi connectivity index (χ4n) is 1.26. The van der Waals surface area contributed by atoms with Gasteiger partial charge in [0, 0.05) is 13.6 Å². The summed E-state index contributed by atoms with van der Waals surface area (Å²) in [6.45, 7) is 2.20. The van der Waals surface area contributed by atoms with Crippen LogP contribution in [-0.4, -0.2) is 17.9 Å². The molecule has 0 saturated carbocycles. The van der Waals surface area contributed by atoms with Crippen molar-refractivity contribution in [2.45, 2.75) is 13.5 Å². The number of halogens is 1. The molecule has 3 heteroatoms. The SMILES string of the molecule is CC=CC(=O)N(C)Cc1cccc(F)c1. The first-order valence-corrected chi connectivity index (χ1v) is 4.75. The molecule has 0 aromatic heterocycles. The molecule has 0 aliphatic rings. The van der Waals surface area contributed by atoms with Crippen molar-refractivity contribution < 1.29 is 9.18 Å². The van der Waals surface area contributed by atoms with Crippen molar-refractivity contribution in [3.63, 3.8) is 0 Å². The number of allylic oxidation sites excluding steroid dienone is 1. The van der Waals surface area contributed by atoms with E-state index < -0.39 is 0 Å². The Bertz CT molecular complexity index is 374. The Balaban J connectivity index is 2.66. The smallest absolute Gasteiger partial charge is 0.246 e. The second-order valence-corrected chi connectivity index (χ2v) is 3.32. The van der Waals surface area contributed by atoms with Crippen molar-refractivity contribution in [2.75, 3.05) is 7.05 Å². The van der Waals surface area contributed by atoms with Gasteiger partial charge in [0.1, 0.15) is 5.82 Å². The molecule has 1 aromatic carbocycles. The van der Waals surface area contributed by atoms with E-state index in [4.69, 9.17) is 0 Å². The largest absolute Gasteiger partial charge is 0.338 e. The quantitative estimate of drug-likeness (QED) is 0.697. The van der Waals surface area contributed by atoms with Crippen LogP contribution in [0.4, 0.5) is 4.39 Å². The van der Waals surface area contributed by atoms with Crippen LogP contribution in [0, 0.1) is 5.82 Å². The Kier molecular flexibility index (Phi) is 4.03. The van der Waals surface area contributed by atoms with Gasteiger partial charge < -0.3 is 4.90 Å². The van der Waals surface area contributed by atoms with Gasteiger partial charge >= 0.3 is 0 Å². The van der Waals surface area contributed by atoms with E-state index >= 15 is 0 Å². The highest BCUT2D eigenvalue weighted by atomic mass is 19.1. The zero-order valence-corrected chi connectivity index (χ0v) is 8.90. The molecule has 0 radical (unpaired) electrons. The molecule has 0 aliphatic heterocycles. The summed E-state index contributed by atoms with van der Waals surface area (Å²) >= 11 is 0. The monoisotopic (exact) mass is 207 g/mol. The summed E-state index contributed by atoms with van der Waals surface area (Å²) in [7, 11) is 1.69. The van der Waals surface area contributed by atoms with E-state index in [1.807, 2.05) is 0 Å². The molecule has 0 N–H and O–H groups in total. The Labute approximate surface area is 89.0 Å². The molecule has 1 amide bonds. The van der Waals surface area contributed by atoms with Crippen LogP contribution in [0.15, 0.2) is 36.4 Å². The Hall–Kier alpha value is -1.64. The normalized spacial score (nSPS) is 10.6. The highest BCUT2D eigenvalue weighted by molar-refractivity contribution is 5.87. The molecule has 1 aromatic rings. The zero-order chi connectivity index (χ0) is 11.3. The molecule has 15 heavy (non-hydrogen) atoms. The minimum Gasteiger partial charge on any atom is -0.338 e. The second kappa shape index (κ2) is 5.29. The highest BCUT2D eigenvalue weighted by Gasteiger charge is 2.05. The Morgan fingerprint density at radius 2 is 2.27 bits per heavy atom. The van der Waals surface area contributed by atoms with Gasteiger partial charge in [-0.15, -0.1) is 0 Å². The standard InChI is InChI=1S/C12H14FNO/c1-3-5-12(15)14(2)9-10-6-4-7-11(13)8-10/h3-8H,9H2,1-2H3. The molecule has 0 saturated heterocycles. The maximum Gasteiger partial charge on any atom is 0.246 e. The summed E-state index contributed by atoms with van der Waals surface area (Å²) in [5, 5.41) is 0. The van der Waals surface area contributed by atoms with Gasteiger partial charge in [0.25, 0.3) is 0 Å². The number of hydrogen-bond donors (Lipinski definition) is 0. The first kappa shape index (κ1) is 11.4. The van der Waals surface area contributed by atoms with Crippen LogP contribution in [0.5, 0.6) is 0 Å². The number of nitrogens with zero attached hydrogens (tertiary/aromatic N) is 1. The van der Waals surface area contributed by atoms with Crippen LogP contribution < -0.4 is 0 Å². The van der Waals surface area contributed by atoms with Crippen molar-refractivity contribution in [3.05, 3.63) is 47.8 Å². The van der Waals surface area contributed by atoms with Crippen LogP contribution in [0.3, 0.4) is 0 Å². The summed E-state index contributed by atoms with van der Waals surface area (Å²) in [5.74, 6) is -0.360. The number of amides is 1. The van der Waals surface area contributed by atoms with E-state index in [1.54, 1.807) is 32.2 Å². The summed E-state index contributed by atoms with van der Waals surface area (Å²) in [6.07, 6.45) is 3.17. The van der Waals surface area contributed by atoms with Gasteiger partial charge in [0.15, 0.2) is 0 Å². The van der Waals surface area contributed by atoms with Gasteiger partial charge in [0.05, 0.1) is 0 Å². The summed E-state index contributed by atoms with van der Waals surface area (Å²) in [5.41, 5.74) is 0.787. The lowest BCUT2D eigenvalue weighted by molar-refractivity contribution is -0.125. The number of hydrogen-bond acceptors (Lipinski definition) is 1. The third-order valence-electron chi connectivity index (χ3n) is 1.99. The van der Waals surface area contributed by atoms with Crippen LogP contribution in [0.1, 0.15) is 12.5 Å². The third-order valence-corrected chi connectivity index (χ3v) is 1.99. The third kappa shape index (κ3) is 3.54.